The normalized spacial score (nSPS) is 18.8. The summed E-state index contributed by atoms with van der Waals surface area (Å²) < 4.78 is 0. The van der Waals surface area contributed by atoms with Gasteiger partial charge in [-0.2, -0.15) is 11.8 Å². The van der Waals surface area contributed by atoms with E-state index in [1.54, 1.807) is 11.8 Å². The second-order valence-corrected chi connectivity index (χ2v) is 5.96. The first kappa shape index (κ1) is 16.1. The topological polar surface area (TPSA) is 104 Å². The number of nitrogens with two attached hydrogens (primary N) is 1. The van der Waals surface area contributed by atoms with Gasteiger partial charge in [0, 0.05) is 0 Å². The van der Waals surface area contributed by atoms with Crippen molar-refractivity contribution in [2.75, 3.05) is 18.6 Å². The third kappa shape index (κ3) is 4.91. The van der Waals surface area contributed by atoms with Gasteiger partial charge in [-0.25, -0.2) is 4.79 Å². The highest BCUT2D eigenvalue weighted by molar-refractivity contribution is 7.98. The van der Waals surface area contributed by atoms with Crippen LogP contribution in [0.1, 0.15) is 32.1 Å². The second-order valence-electron chi connectivity index (χ2n) is 4.98. The van der Waals surface area contributed by atoms with Crippen LogP contribution in [0.3, 0.4) is 0 Å². The van der Waals surface area contributed by atoms with Crippen LogP contribution >= 0.6 is 11.8 Å². The van der Waals surface area contributed by atoms with Gasteiger partial charge >= 0.3 is 6.03 Å². The largest absolute Gasteiger partial charge is 0.394 e. The number of thioether (sulfide) groups is 1. The first-order chi connectivity index (χ1) is 9.03. The molecule has 6 nitrogen and oxygen atoms in total. The van der Waals surface area contributed by atoms with Gasteiger partial charge in [-0.1, -0.05) is 12.8 Å². The third-order valence-electron chi connectivity index (χ3n) is 3.50. The molecule has 0 aromatic heterocycles. The van der Waals surface area contributed by atoms with E-state index in [-0.39, 0.29) is 12.5 Å². The Morgan fingerprint density at radius 2 is 2.05 bits per heavy atom. The lowest BCUT2D eigenvalue weighted by atomic mass is 9.98. The van der Waals surface area contributed by atoms with E-state index in [9.17, 15) is 14.7 Å². The van der Waals surface area contributed by atoms with Crippen LogP contribution in [0.5, 0.6) is 0 Å². The molecule has 7 heteroatoms. The quantitative estimate of drug-likeness (QED) is 0.537. The molecule has 1 saturated carbocycles. The summed E-state index contributed by atoms with van der Waals surface area (Å²) >= 11 is 1.60. The number of aliphatic hydroxyl groups excluding tert-OH is 1. The molecule has 5 N–H and O–H groups in total. The Hall–Kier alpha value is -0.950. The summed E-state index contributed by atoms with van der Waals surface area (Å²) in [6.45, 7) is -0.0649. The van der Waals surface area contributed by atoms with E-state index in [2.05, 4.69) is 10.6 Å². The van der Waals surface area contributed by atoms with Crippen molar-refractivity contribution in [1.82, 2.24) is 10.6 Å². The van der Waals surface area contributed by atoms with Gasteiger partial charge in [0.25, 0.3) is 0 Å². The highest BCUT2D eigenvalue weighted by Crippen LogP contribution is 2.29. The summed E-state index contributed by atoms with van der Waals surface area (Å²) in [6.07, 6.45) is 6.02. The smallest absolute Gasteiger partial charge is 0.312 e. The molecule has 0 saturated heterocycles. The van der Waals surface area contributed by atoms with Gasteiger partial charge in [0.2, 0.25) is 5.91 Å². The molecule has 1 atom stereocenters. The molecule has 1 fully saturated rings. The molecule has 3 amide bonds. The zero-order chi connectivity index (χ0) is 14.3. The van der Waals surface area contributed by atoms with Crippen LogP contribution in [0.25, 0.3) is 0 Å². The van der Waals surface area contributed by atoms with Crippen molar-refractivity contribution in [3.05, 3.63) is 0 Å². The third-order valence-corrected chi connectivity index (χ3v) is 4.14. The van der Waals surface area contributed by atoms with Crippen LogP contribution in [0.15, 0.2) is 0 Å². The van der Waals surface area contributed by atoms with Crippen LogP contribution in [0, 0.1) is 0 Å². The van der Waals surface area contributed by atoms with E-state index in [1.165, 1.54) is 0 Å². The maximum Gasteiger partial charge on any atom is 0.312 e. The highest BCUT2D eigenvalue weighted by atomic mass is 32.2. The van der Waals surface area contributed by atoms with E-state index in [0.29, 0.717) is 6.42 Å². The molecule has 1 rings (SSSR count). The van der Waals surface area contributed by atoms with Crippen molar-refractivity contribution in [2.45, 2.75) is 43.7 Å². The molecule has 1 aliphatic rings. The monoisotopic (exact) mass is 289 g/mol. The number of amides is 3. The molecule has 0 aliphatic heterocycles. The Morgan fingerprint density at radius 1 is 1.42 bits per heavy atom. The maximum absolute atomic E-state index is 12.2. The average Bonchev–Trinajstić information content (AvgIpc) is 2.83. The second kappa shape index (κ2) is 7.59. The van der Waals surface area contributed by atoms with Crippen LogP contribution in [-0.4, -0.2) is 47.2 Å². The Kier molecular flexibility index (Phi) is 6.44. The molecule has 0 spiro atoms. The van der Waals surface area contributed by atoms with Crippen LogP contribution in [-0.2, 0) is 4.79 Å². The Labute approximate surface area is 117 Å². The van der Waals surface area contributed by atoms with Crippen molar-refractivity contribution in [2.24, 2.45) is 5.73 Å². The predicted octanol–water partition coefficient (Wildman–Crippen LogP) is 0.198. The van der Waals surface area contributed by atoms with E-state index in [4.69, 9.17) is 5.73 Å². The average molecular weight is 289 g/mol. The number of carbonyl (C=O) groups is 2. The lowest BCUT2D eigenvalue weighted by Crippen LogP contribution is -2.57. The molecule has 1 aliphatic carbocycles. The minimum absolute atomic E-state index is 0.0649. The zero-order valence-electron chi connectivity index (χ0n) is 11.3. The van der Waals surface area contributed by atoms with Gasteiger partial charge in [-0.15, -0.1) is 0 Å². The first-order valence-corrected chi connectivity index (χ1v) is 7.90. The minimum atomic E-state index is -0.703. The minimum Gasteiger partial charge on any atom is -0.394 e. The molecule has 110 valence electrons. The maximum atomic E-state index is 12.2. The van der Waals surface area contributed by atoms with Crippen LogP contribution < -0.4 is 16.4 Å². The van der Waals surface area contributed by atoms with E-state index in [1.807, 2.05) is 6.26 Å². The Bertz CT molecular complexity index is 319. The van der Waals surface area contributed by atoms with E-state index >= 15 is 0 Å². The Balaban J connectivity index is 2.61. The van der Waals surface area contributed by atoms with Crippen LogP contribution in [0.2, 0.25) is 0 Å². The number of hydrogen-bond donors (Lipinski definition) is 4. The van der Waals surface area contributed by atoms with Gasteiger partial charge < -0.3 is 21.5 Å². The molecule has 0 heterocycles. The van der Waals surface area contributed by atoms with Crippen molar-refractivity contribution < 1.29 is 14.7 Å². The predicted molar refractivity (Wildman–Crippen MR) is 75.9 cm³/mol. The van der Waals surface area contributed by atoms with Crippen molar-refractivity contribution >= 4 is 23.7 Å². The summed E-state index contributed by atoms with van der Waals surface area (Å²) in [5.74, 6) is 0.494. The molecular weight excluding hydrogens is 266 g/mol. The number of primary amides is 1. The van der Waals surface area contributed by atoms with Crippen LogP contribution in [0.4, 0.5) is 4.79 Å². The zero-order valence-corrected chi connectivity index (χ0v) is 12.1. The summed E-state index contributed by atoms with van der Waals surface area (Å²) in [5, 5.41) is 14.8. The van der Waals surface area contributed by atoms with Crippen molar-refractivity contribution in [1.29, 1.82) is 0 Å². The summed E-state index contributed by atoms with van der Waals surface area (Å²) in [5.41, 5.74) is 4.57. The fourth-order valence-corrected chi connectivity index (χ4v) is 2.87. The summed E-state index contributed by atoms with van der Waals surface area (Å²) in [7, 11) is 0. The molecule has 0 aromatic rings. The van der Waals surface area contributed by atoms with Crippen molar-refractivity contribution in [3.8, 4) is 0 Å². The number of aliphatic hydroxyl groups is 1. The lowest BCUT2D eigenvalue weighted by Gasteiger charge is -2.30. The van der Waals surface area contributed by atoms with Gasteiger partial charge in [-0.3, -0.25) is 4.79 Å². The van der Waals surface area contributed by atoms with Gasteiger partial charge in [0.15, 0.2) is 0 Å². The van der Waals surface area contributed by atoms with Crippen molar-refractivity contribution in [3.63, 3.8) is 0 Å². The van der Waals surface area contributed by atoms with E-state index < -0.39 is 17.6 Å². The lowest BCUT2D eigenvalue weighted by molar-refractivity contribution is -0.125. The molecule has 19 heavy (non-hydrogen) atoms. The summed E-state index contributed by atoms with van der Waals surface area (Å²) in [4.78, 5) is 23.1. The molecule has 0 radical (unpaired) electrons. The molecule has 1 unspecified atom stereocenters. The summed E-state index contributed by atoms with van der Waals surface area (Å²) in [6, 6.07) is -1.33. The van der Waals surface area contributed by atoms with Gasteiger partial charge in [-0.05, 0) is 31.3 Å². The van der Waals surface area contributed by atoms with E-state index in [0.717, 1.165) is 31.4 Å². The standard InChI is InChI=1S/C12H23N3O3S/c1-19-7-4-9(14-11(13)18)10(17)15-12(8-16)5-2-3-6-12/h9,16H,2-8H2,1H3,(H,15,17)(H3,13,14,18). The fraction of sp³-hybridized carbons (Fsp3) is 0.833. The highest BCUT2D eigenvalue weighted by Gasteiger charge is 2.36. The number of rotatable bonds is 7. The first-order valence-electron chi connectivity index (χ1n) is 6.51. The van der Waals surface area contributed by atoms with Gasteiger partial charge in [0.05, 0.1) is 12.1 Å². The van der Waals surface area contributed by atoms with Gasteiger partial charge in [0.1, 0.15) is 6.04 Å². The molecular formula is C12H23N3O3S. The molecule has 0 aromatic carbocycles. The Morgan fingerprint density at radius 3 is 2.53 bits per heavy atom. The number of hydrogen-bond acceptors (Lipinski definition) is 4. The number of urea groups is 1. The SMILES string of the molecule is CSCCC(NC(N)=O)C(=O)NC1(CO)CCCC1. The fourth-order valence-electron chi connectivity index (χ4n) is 2.40. The molecule has 0 bridgehead atoms. The number of nitrogens with one attached hydrogen (secondary N) is 2. The number of carbonyl (C=O) groups excluding carboxylic acids is 2.